The van der Waals surface area contributed by atoms with E-state index in [9.17, 15) is 14.4 Å². The van der Waals surface area contributed by atoms with Crippen molar-refractivity contribution in [2.75, 3.05) is 19.0 Å². The normalized spacial score (nSPS) is 12.5. The zero-order valence-electron chi connectivity index (χ0n) is 12.9. The van der Waals surface area contributed by atoms with E-state index < -0.39 is 6.04 Å². The largest absolute Gasteiger partial charge is 0.329 e. The molecule has 0 bridgehead atoms. The number of aromatic nitrogens is 1. The molecule has 0 saturated carbocycles. The Balaban J connectivity index is 2.80. The minimum atomic E-state index is -0.561. The van der Waals surface area contributed by atoms with Crippen LogP contribution >= 0.6 is 0 Å². The number of urea groups is 1. The molecule has 1 aromatic rings. The maximum atomic E-state index is 12.2. The predicted octanol–water partition coefficient (Wildman–Crippen LogP) is 0.741. The molecule has 0 fully saturated rings. The summed E-state index contributed by atoms with van der Waals surface area (Å²) in [6, 6.07) is 2.55. The van der Waals surface area contributed by atoms with Crippen molar-refractivity contribution in [3.8, 4) is 0 Å². The summed E-state index contributed by atoms with van der Waals surface area (Å²) in [6.45, 7) is 1.61. The maximum Gasteiger partial charge on any atom is 0.329 e. The topological polar surface area (TPSA) is 96.6 Å². The van der Waals surface area contributed by atoms with E-state index in [-0.39, 0.29) is 6.03 Å². The standard InChI is InChI=1S/C15H20N4O3/c1-11(9-20)8-18(2)15(22)19(3)14-5-4-12(7-17-14)6-13(16)10-21/h4-5,7-10,13H,6,16H2,1-3H3/b11-8-. The molecule has 7 nitrogen and oxygen atoms in total. The highest BCUT2D eigenvalue weighted by molar-refractivity contribution is 5.91. The number of nitrogens with zero attached hydrogens (tertiary/aromatic N) is 3. The lowest BCUT2D eigenvalue weighted by Crippen LogP contribution is -2.36. The molecule has 0 aliphatic heterocycles. The number of carbonyl (C=O) groups is 3. The minimum absolute atomic E-state index is 0.328. The highest BCUT2D eigenvalue weighted by atomic mass is 16.2. The quantitative estimate of drug-likeness (QED) is 0.617. The van der Waals surface area contributed by atoms with Crippen LogP contribution in [-0.2, 0) is 16.0 Å². The van der Waals surface area contributed by atoms with Crippen LogP contribution in [0, 0.1) is 0 Å². The summed E-state index contributed by atoms with van der Waals surface area (Å²) < 4.78 is 0. The van der Waals surface area contributed by atoms with Gasteiger partial charge in [0.1, 0.15) is 18.4 Å². The van der Waals surface area contributed by atoms with Crippen molar-refractivity contribution in [1.29, 1.82) is 0 Å². The fraction of sp³-hybridized carbons (Fsp3) is 0.333. The van der Waals surface area contributed by atoms with Crippen LogP contribution in [0.25, 0.3) is 0 Å². The van der Waals surface area contributed by atoms with Gasteiger partial charge in [-0.1, -0.05) is 6.07 Å². The molecular formula is C15H20N4O3. The number of allylic oxidation sites excluding steroid dienone is 1. The summed E-state index contributed by atoms with van der Waals surface area (Å²) in [5.74, 6) is 0.456. The fourth-order valence-electron chi connectivity index (χ4n) is 1.78. The lowest BCUT2D eigenvalue weighted by Gasteiger charge is -2.22. The van der Waals surface area contributed by atoms with Crippen molar-refractivity contribution in [3.63, 3.8) is 0 Å². The zero-order chi connectivity index (χ0) is 16.7. The highest BCUT2D eigenvalue weighted by Crippen LogP contribution is 2.12. The van der Waals surface area contributed by atoms with Crippen molar-refractivity contribution in [3.05, 3.63) is 35.7 Å². The summed E-state index contributed by atoms with van der Waals surface area (Å²) in [6.07, 6.45) is 4.78. The molecule has 1 aromatic heterocycles. The van der Waals surface area contributed by atoms with Gasteiger partial charge in [-0.25, -0.2) is 9.78 Å². The third kappa shape index (κ3) is 4.78. The van der Waals surface area contributed by atoms with Crippen molar-refractivity contribution in [2.24, 2.45) is 5.73 Å². The van der Waals surface area contributed by atoms with E-state index in [1.54, 1.807) is 39.3 Å². The molecule has 118 valence electrons. The Kier molecular flexibility index (Phi) is 6.40. The maximum absolute atomic E-state index is 12.2. The molecule has 22 heavy (non-hydrogen) atoms. The summed E-state index contributed by atoms with van der Waals surface area (Å²) in [7, 11) is 3.14. The van der Waals surface area contributed by atoms with Gasteiger partial charge in [0.25, 0.3) is 0 Å². The number of amides is 2. The van der Waals surface area contributed by atoms with Gasteiger partial charge in [-0.05, 0) is 25.0 Å². The lowest BCUT2D eigenvalue weighted by molar-refractivity contribution is -0.109. The second kappa shape index (κ2) is 8.04. The van der Waals surface area contributed by atoms with Crippen LogP contribution in [0.1, 0.15) is 12.5 Å². The second-order valence-electron chi connectivity index (χ2n) is 4.97. The first kappa shape index (κ1) is 17.5. The first-order valence-corrected chi connectivity index (χ1v) is 6.69. The first-order valence-electron chi connectivity index (χ1n) is 6.69. The van der Waals surface area contributed by atoms with E-state index in [2.05, 4.69) is 4.98 Å². The Morgan fingerprint density at radius 1 is 1.36 bits per heavy atom. The van der Waals surface area contributed by atoms with Gasteiger partial charge in [0.2, 0.25) is 0 Å². The van der Waals surface area contributed by atoms with Crippen LogP contribution < -0.4 is 10.6 Å². The minimum Gasteiger partial charge on any atom is -0.321 e. The molecule has 0 radical (unpaired) electrons. The van der Waals surface area contributed by atoms with E-state index >= 15 is 0 Å². The number of rotatable bonds is 6. The van der Waals surface area contributed by atoms with E-state index in [1.807, 2.05) is 0 Å². The Morgan fingerprint density at radius 3 is 2.55 bits per heavy atom. The summed E-state index contributed by atoms with van der Waals surface area (Å²) in [5.41, 5.74) is 6.80. The Morgan fingerprint density at radius 2 is 2.05 bits per heavy atom. The fourth-order valence-corrected chi connectivity index (χ4v) is 1.78. The predicted molar refractivity (Wildman–Crippen MR) is 83.4 cm³/mol. The monoisotopic (exact) mass is 304 g/mol. The number of aldehydes is 2. The molecule has 2 N–H and O–H groups in total. The van der Waals surface area contributed by atoms with Crippen LogP contribution in [0.4, 0.5) is 10.6 Å². The van der Waals surface area contributed by atoms with Gasteiger partial charge < -0.3 is 15.4 Å². The average molecular weight is 304 g/mol. The molecule has 1 unspecified atom stereocenters. The Hall–Kier alpha value is -2.54. The molecule has 1 atom stereocenters. The van der Waals surface area contributed by atoms with Crippen LogP contribution in [0.3, 0.4) is 0 Å². The van der Waals surface area contributed by atoms with Crippen molar-refractivity contribution >= 4 is 24.4 Å². The molecular weight excluding hydrogens is 284 g/mol. The summed E-state index contributed by atoms with van der Waals surface area (Å²) >= 11 is 0. The highest BCUT2D eigenvalue weighted by Gasteiger charge is 2.15. The smallest absolute Gasteiger partial charge is 0.321 e. The summed E-state index contributed by atoms with van der Waals surface area (Å²) in [5, 5.41) is 0. The van der Waals surface area contributed by atoms with Crippen molar-refractivity contribution < 1.29 is 14.4 Å². The Labute approximate surface area is 129 Å². The number of hydrogen-bond donors (Lipinski definition) is 1. The van der Waals surface area contributed by atoms with Crippen LogP contribution in [0.5, 0.6) is 0 Å². The molecule has 2 amide bonds. The van der Waals surface area contributed by atoms with Crippen molar-refractivity contribution in [2.45, 2.75) is 19.4 Å². The van der Waals surface area contributed by atoms with Crippen LogP contribution in [-0.4, -0.2) is 48.6 Å². The van der Waals surface area contributed by atoms with Gasteiger partial charge in [0.15, 0.2) is 0 Å². The average Bonchev–Trinajstić information content (AvgIpc) is 2.53. The van der Waals surface area contributed by atoms with Crippen LogP contribution in [0.15, 0.2) is 30.1 Å². The molecule has 0 spiro atoms. The van der Waals surface area contributed by atoms with E-state index in [0.29, 0.717) is 30.4 Å². The van der Waals surface area contributed by atoms with E-state index in [1.165, 1.54) is 16.0 Å². The lowest BCUT2D eigenvalue weighted by atomic mass is 10.1. The number of hydrogen-bond acceptors (Lipinski definition) is 5. The molecule has 0 aliphatic carbocycles. The van der Waals surface area contributed by atoms with Gasteiger partial charge in [-0.15, -0.1) is 0 Å². The van der Waals surface area contributed by atoms with Gasteiger partial charge in [-0.3, -0.25) is 9.69 Å². The molecule has 1 heterocycles. The Bertz CT molecular complexity index is 569. The third-order valence-corrected chi connectivity index (χ3v) is 2.97. The number of nitrogens with two attached hydrogens (primary N) is 1. The van der Waals surface area contributed by atoms with E-state index in [0.717, 1.165) is 5.56 Å². The van der Waals surface area contributed by atoms with Crippen molar-refractivity contribution in [1.82, 2.24) is 9.88 Å². The molecule has 7 heteroatoms. The number of pyridine rings is 1. The zero-order valence-corrected chi connectivity index (χ0v) is 12.9. The molecule has 0 aliphatic rings. The van der Waals surface area contributed by atoms with Gasteiger partial charge >= 0.3 is 6.03 Å². The first-order chi connectivity index (χ1) is 10.4. The van der Waals surface area contributed by atoms with Crippen LogP contribution in [0.2, 0.25) is 0 Å². The van der Waals surface area contributed by atoms with E-state index in [4.69, 9.17) is 5.73 Å². The molecule has 0 saturated heterocycles. The number of carbonyl (C=O) groups excluding carboxylic acids is 3. The third-order valence-electron chi connectivity index (χ3n) is 2.97. The van der Waals surface area contributed by atoms with Gasteiger partial charge in [-0.2, -0.15) is 0 Å². The SMILES string of the molecule is C/C(C=O)=C/N(C)C(=O)N(C)c1ccc(CC(N)C=O)cn1. The van der Waals surface area contributed by atoms with Gasteiger partial charge in [0.05, 0.1) is 6.04 Å². The molecule has 1 rings (SSSR count). The summed E-state index contributed by atoms with van der Waals surface area (Å²) in [4.78, 5) is 40.2. The number of anilines is 1. The molecule has 0 aromatic carbocycles. The van der Waals surface area contributed by atoms with Gasteiger partial charge in [0, 0.05) is 32.1 Å². The second-order valence-corrected chi connectivity index (χ2v) is 4.97.